The first-order valence-corrected chi connectivity index (χ1v) is 7.83. The van der Waals surface area contributed by atoms with Crippen molar-refractivity contribution in [1.29, 1.82) is 0 Å². The van der Waals surface area contributed by atoms with Gasteiger partial charge in [-0.05, 0) is 67.3 Å². The normalized spacial score (nSPS) is 37.1. The van der Waals surface area contributed by atoms with Crippen molar-refractivity contribution < 1.29 is 0 Å². The van der Waals surface area contributed by atoms with Crippen LogP contribution in [0.3, 0.4) is 0 Å². The molecule has 4 nitrogen and oxygen atoms in total. The van der Waals surface area contributed by atoms with E-state index in [-0.39, 0.29) is 0 Å². The van der Waals surface area contributed by atoms with Crippen LogP contribution in [0.4, 0.5) is 0 Å². The van der Waals surface area contributed by atoms with E-state index in [2.05, 4.69) is 19.7 Å². The number of aromatic amines is 1. The summed E-state index contributed by atoms with van der Waals surface area (Å²) in [5, 5.41) is 7.45. The van der Waals surface area contributed by atoms with Gasteiger partial charge in [-0.1, -0.05) is 0 Å². The van der Waals surface area contributed by atoms with E-state index in [0.29, 0.717) is 6.04 Å². The fraction of sp³-hybridized carbons (Fsp3) is 0.533. The van der Waals surface area contributed by atoms with Crippen molar-refractivity contribution in [3.63, 3.8) is 0 Å². The number of H-pyrrole nitrogens is 1. The van der Waals surface area contributed by atoms with Crippen molar-refractivity contribution in [2.24, 2.45) is 23.7 Å². The summed E-state index contributed by atoms with van der Waals surface area (Å²) in [7, 11) is 0. The van der Waals surface area contributed by atoms with Gasteiger partial charge in [0.15, 0.2) is 10.6 Å². The van der Waals surface area contributed by atoms with Crippen LogP contribution in [0.2, 0.25) is 0 Å². The first kappa shape index (κ1) is 11.2. The van der Waals surface area contributed by atoms with E-state index in [4.69, 9.17) is 12.2 Å². The number of pyridine rings is 1. The van der Waals surface area contributed by atoms with Gasteiger partial charge in [0, 0.05) is 24.0 Å². The van der Waals surface area contributed by atoms with Crippen molar-refractivity contribution in [2.45, 2.75) is 25.3 Å². The van der Waals surface area contributed by atoms with Crippen molar-refractivity contribution in [3.8, 4) is 11.4 Å². The second kappa shape index (κ2) is 3.79. The topological polar surface area (TPSA) is 46.5 Å². The maximum Gasteiger partial charge on any atom is 0.195 e. The van der Waals surface area contributed by atoms with E-state index < -0.39 is 0 Å². The maximum absolute atomic E-state index is 5.49. The molecule has 4 unspecified atom stereocenters. The standard InChI is InChI=1S/C15H16N4S/c20-15-18-17-14(8-3-5-16-6-4-8)19(15)13-11-9-1-2-10(7-9)12(11)13/h3-6,9-13H,1-2,7H2,(H,18,20). The largest absolute Gasteiger partial charge is 0.296 e. The molecule has 1 N–H and O–H groups in total. The number of fused-ring (bicyclic) bond motifs is 5. The van der Waals surface area contributed by atoms with Gasteiger partial charge in [0.25, 0.3) is 0 Å². The van der Waals surface area contributed by atoms with Crippen molar-refractivity contribution in [1.82, 2.24) is 19.7 Å². The molecule has 4 atom stereocenters. The predicted octanol–water partition coefficient (Wildman–Crippen LogP) is 3.22. The number of rotatable bonds is 2. The Morgan fingerprint density at radius 3 is 2.55 bits per heavy atom. The van der Waals surface area contributed by atoms with Crippen molar-refractivity contribution >= 4 is 12.2 Å². The monoisotopic (exact) mass is 284 g/mol. The predicted molar refractivity (Wildman–Crippen MR) is 77.5 cm³/mol. The molecule has 102 valence electrons. The Kier molecular flexibility index (Phi) is 2.12. The number of nitrogens with zero attached hydrogens (tertiary/aromatic N) is 3. The van der Waals surface area contributed by atoms with Crippen LogP contribution >= 0.6 is 12.2 Å². The minimum absolute atomic E-state index is 0.593. The van der Waals surface area contributed by atoms with E-state index in [1.165, 1.54) is 19.3 Å². The van der Waals surface area contributed by atoms with Crippen molar-refractivity contribution in [2.75, 3.05) is 0 Å². The highest BCUT2D eigenvalue weighted by Crippen LogP contribution is 2.71. The molecule has 5 heteroatoms. The SMILES string of the molecule is S=c1[nH]nc(-c2ccncc2)n1C1C2C3CCC(C3)C21. The highest BCUT2D eigenvalue weighted by atomic mass is 32.1. The number of hydrogen-bond acceptors (Lipinski definition) is 3. The van der Waals surface area contributed by atoms with Crippen LogP contribution < -0.4 is 0 Å². The van der Waals surface area contributed by atoms with E-state index >= 15 is 0 Å². The first-order chi connectivity index (χ1) is 9.84. The molecule has 0 aliphatic heterocycles. The third-order valence-corrected chi connectivity index (χ3v) is 5.92. The summed E-state index contributed by atoms with van der Waals surface area (Å²) in [5.41, 5.74) is 1.10. The molecule has 0 spiro atoms. The molecule has 20 heavy (non-hydrogen) atoms. The molecule has 2 heterocycles. The van der Waals surface area contributed by atoms with Crippen LogP contribution in [-0.2, 0) is 0 Å². The van der Waals surface area contributed by atoms with Gasteiger partial charge in [-0.25, -0.2) is 0 Å². The second-order valence-corrected chi connectivity index (χ2v) is 6.82. The zero-order valence-corrected chi connectivity index (χ0v) is 11.9. The molecule has 0 radical (unpaired) electrons. The highest BCUT2D eigenvalue weighted by Gasteiger charge is 2.66. The van der Waals surface area contributed by atoms with Gasteiger partial charge in [-0.2, -0.15) is 5.10 Å². The number of hydrogen-bond donors (Lipinski definition) is 1. The quantitative estimate of drug-likeness (QED) is 0.861. The van der Waals surface area contributed by atoms with Crippen LogP contribution in [0, 0.1) is 28.4 Å². The molecule has 3 aliphatic rings. The van der Waals surface area contributed by atoms with Crippen LogP contribution in [-0.4, -0.2) is 19.7 Å². The minimum Gasteiger partial charge on any atom is -0.296 e. The number of aromatic nitrogens is 4. The molecule has 3 saturated carbocycles. The lowest BCUT2D eigenvalue weighted by Gasteiger charge is -2.12. The fourth-order valence-electron chi connectivity index (χ4n) is 4.91. The Hall–Kier alpha value is -1.49. The lowest BCUT2D eigenvalue weighted by molar-refractivity contribution is 0.453. The summed E-state index contributed by atoms with van der Waals surface area (Å²) < 4.78 is 3.06. The molecule has 2 bridgehead atoms. The Bertz CT molecular complexity index is 703. The summed E-state index contributed by atoms with van der Waals surface area (Å²) in [6.07, 6.45) is 7.95. The third-order valence-electron chi connectivity index (χ3n) is 5.64. The fourth-order valence-corrected chi connectivity index (χ4v) is 5.16. The molecular weight excluding hydrogens is 268 g/mol. The smallest absolute Gasteiger partial charge is 0.195 e. The average molecular weight is 284 g/mol. The molecule has 3 fully saturated rings. The maximum atomic E-state index is 5.49. The first-order valence-electron chi connectivity index (χ1n) is 7.42. The van der Waals surface area contributed by atoms with Gasteiger partial charge >= 0.3 is 0 Å². The van der Waals surface area contributed by atoms with E-state index in [1.807, 2.05) is 24.5 Å². The lowest BCUT2D eigenvalue weighted by atomic mass is 10.0. The van der Waals surface area contributed by atoms with E-state index in [0.717, 1.165) is 39.8 Å². The zero-order valence-electron chi connectivity index (χ0n) is 11.1. The molecule has 2 aromatic rings. The Labute approximate surface area is 122 Å². The van der Waals surface area contributed by atoms with Crippen LogP contribution in [0.5, 0.6) is 0 Å². The van der Waals surface area contributed by atoms with Gasteiger partial charge in [0.05, 0.1) is 0 Å². The molecule has 0 amide bonds. The van der Waals surface area contributed by atoms with Gasteiger partial charge in [0.1, 0.15) is 0 Å². The summed E-state index contributed by atoms with van der Waals surface area (Å²) in [4.78, 5) is 4.09. The van der Waals surface area contributed by atoms with E-state index in [1.54, 1.807) is 0 Å². The average Bonchev–Trinajstić information content (AvgIpc) is 2.83. The molecular formula is C15H16N4S. The second-order valence-electron chi connectivity index (χ2n) is 6.44. The highest BCUT2D eigenvalue weighted by molar-refractivity contribution is 7.71. The zero-order chi connectivity index (χ0) is 13.3. The number of nitrogens with one attached hydrogen (secondary N) is 1. The van der Waals surface area contributed by atoms with Crippen LogP contribution in [0.1, 0.15) is 25.3 Å². The van der Waals surface area contributed by atoms with E-state index in [9.17, 15) is 0 Å². The van der Waals surface area contributed by atoms with Gasteiger partial charge in [0.2, 0.25) is 0 Å². The molecule has 5 rings (SSSR count). The van der Waals surface area contributed by atoms with Gasteiger partial charge in [-0.3, -0.25) is 14.6 Å². The Balaban J connectivity index is 1.60. The molecule has 2 aromatic heterocycles. The summed E-state index contributed by atoms with van der Waals surface area (Å²) in [5.74, 6) is 4.59. The van der Waals surface area contributed by atoms with Gasteiger partial charge in [-0.15, -0.1) is 0 Å². The van der Waals surface area contributed by atoms with Crippen molar-refractivity contribution in [3.05, 3.63) is 29.3 Å². The molecule has 0 aromatic carbocycles. The summed E-state index contributed by atoms with van der Waals surface area (Å²) >= 11 is 5.49. The Morgan fingerprint density at radius 1 is 1.15 bits per heavy atom. The summed E-state index contributed by atoms with van der Waals surface area (Å²) in [6, 6.07) is 4.61. The van der Waals surface area contributed by atoms with Crippen LogP contribution in [0.15, 0.2) is 24.5 Å². The molecule has 0 saturated heterocycles. The minimum atomic E-state index is 0.593. The van der Waals surface area contributed by atoms with Gasteiger partial charge < -0.3 is 0 Å². The van der Waals surface area contributed by atoms with Crippen LogP contribution in [0.25, 0.3) is 11.4 Å². The Morgan fingerprint density at radius 2 is 1.85 bits per heavy atom. The lowest BCUT2D eigenvalue weighted by Crippen LogP contribution is -2.07. The third kappa shape index (κ3) is 1.34. The molecule has 3 aliphatic carbocycles. The summed E-state index contributed by atoms with van der Waals surface area (Å²) in [6.45, 7) is 0.